The van der Waals surface area contributed by atoms with Crippen molar-refractivity contribution in [2.24, 2.45) is 17.8 Å². The van der Waals surface area contributed by atoms with Gasteiger partial charge in [-0.2, -0.15) is 0 Å². The second-order valence-electron chi connectivity index (χ2n) is 9.62. The highest BCUT2D eigenvalue weighted by Gasteiger charge is 2.42. The Morgan fingerprint density at radius 3 is 2.34 bits per heavy atom. The van der Waals surface area contributed by atoms with Gasteiger partial charge in [-0.05, 0) is 50.9 Å². The van der Waals surface area contributed by atoms with Crippen LogP contribution in [-0.2, 0) is 14.3 Å². The minimum absolute atomic E-state index is 0.104. The number of rotatable bonds is 6. The van der Waals surface area contributed by atoms with E-state index in [-0.39, 0.29) is 23.9 Å². The topological polar surface area (TPSA) is 65.1 Å². The second-order valence-corrected chi connectivity index (χ2v) is 9.62. The number of piperazine rings is 1. The highest BCUT2D eigenvalue weighted by atomic mass is 16.5. The van der Waals surface area contributed by atoms with E-state index in [1.807, 2.05) is 11.8 Å². The number of carbonyl (C=O) groups excluding carboxylic acids is 2. The first kappa shape index (κ1) is 21.1. The highest BCUT2D eigenvalue weighted by Crippen LogP contribution is 2.49. The number of nitrogens with zero attached hydrogens (tertiary/aromatic N) is 3. The Morgan fingerprint density at radius 2 is 1.72 bits per heavy atom. The van der Waals surface area contributed by atoms with Crippen LogP contribution < -0.4 is 5.32 Å². The molecule has 2 saturated carbocycles. The van der Waals surface area contributed by atoms with Crippen molar-refractivity contribution in [1.82, 2.24) is 20.0 Å². The van der Waals surface area contributed by atoms with Crippen LogP contribution in [0.5, 0.6) is 0 Å². The summed E-state index contributed by atoms with van der Waals surface area (Å²) in [6.07, 6.45) is 5.44. The highest BCUT2D eigenvalue weighted by molar-refractivity contribution is 5.81. The van der Waals surface area contributed by atoms with Gasteiger partial charge in [-0.3, -0.25) is 19.4 Å². The van der Waals surface area contributed by atoms with E-state index in [2.05, 4.69) is 22.0 Å². The first-order valence-corrected chi connectivity index (χ1v) is 11.6. The zero-order chi connectivity index (χ0) is 20.4. The Balaban J connectivity index is 1.18. The molecule has 2 saturated heterocycles. The Hall–Kier alpha value is -1.18. The summed E-state index contributed by atoms with van der Waals surface area (Å²) >= 11 is 0. The maximum Gasteiger partial charge on any atom is 0.237 e. The molecule has 2 aliphatic carbocycles. The number of nitrogens with one attached hydrogen (secondary N) is 1. The van der Waals surface area contributed by atoms with E-state index in [1.54, 1.807) is 0 Å². The van der Waals surface area contributed by atoms with Crippen molar-refractivity contribution in [3.05, 3.63) is 0 Å². The summed E-state index contributed by atoms with van der Waals surface area (Å²) in [6, 6.07) is 0.181. The van der Waals surface area contributed by atoms with Gasteiger partial charge in [0.15, 0.2) is 0 Å². The lowest BCUT2D eigenvalue weighted by Gasteiger charge is -2.38. The Bertz CT molecular complexity index is 587. The van der Waals surface area contributed by atoms with Crippen LogP contribution in [0, 0.1) is 17.8 Å². The first-order chi connectivity index (χ1) is 14.0. The molecule has 0 radical (unpaired) electrons. The van der Waals surface area contributed by atoms with E-state index < -0.39 is 0 Å². The van der Waals surface area contributed by atoms with Crippen molar-refractivity contribution in [3.63, 3.8) is 0 Å². The molecule has 0 aromatic heterocycles. The number of morpholine rings is 1. The summed E-state index contributed by atoms with van der Waals surface area (Å²) < 4.78 is 5.32. The van der Waals surface area contributed by atoms with E-state index in [0.717, 1.165) is 38.0 Å². The molecule has 0 aromatic carbocycles. The van der Waals surface area contributed by atoms with E-state index in [4.69, 9.17) is 4.74 Å². The van der Waals surface area contributed by atoms with Crippen molar-refractivity contribution >= 4 is 11.8 Å². The van der Waals surface area contributed by atoms with Gasteiger partial charge in [-0.25, -0.2) is 0 Å². The lowest BCUT2D eigenvalue weighted by Crippen LogP contribution is -2.56. The maximum absolute atomic E-state index is 12.8. The molecular formula is C22H38N4O3. The zero-order valence-electron chi connectivity index (χ0n) is 18.1. The zero-order valence-corrected chi connectivity index (χ0v) is 18.1. The SMILES string of the molecule is C[C@H](NC(=O)[C@H](C)N1CCN(CC(=O)N2CCOCC2)CC1)[C@H]1C[C@H]2CC[C@H]1C2. The number of hydrogen-bond donors (Lipinski definition) is 1. The van der Waals surface area contributed by atoms with Crippen molar-refractivity contribution in [1.29, 1.82) is 0 Å². The van der Waals surface area contributed by atoms with Crippen LogP contribution in [0.2, 0.25) is 0 Å². The molecule has 29 heavy (non-hydrogen) atoms. The minimum atomic E-state index is -0.104. The van der Waals surface area contributed by atoms with Gasteiger partial charge in [0.25, 0.3) is 0 Å². The summed E-state index contributed by atoms with van der Waals surface area (Å²) in [5.41, 5.74) is 0. The van der Waals surface area contributed by atoms with E-state index in [9.17, 15) is 9.59 Å². The average Bonchev–Trinajstić information content (AvgIpc) is 3.38. The number of carbonyl (C=O) groups is 2. The predicted molar refractivity (Wildman–Crippen MR) is 111 cm³/mol. The van der Waals surface area contributed by atoms with Gasteiger partial charge in [0.2, 0.25) is 11.8 Å². The van der Waals surface area contributed by atoms with Crippen LogP contribution in [0.25, 0.3) is 0 Å². The molecule has 4 aliphatic rings. The Labute approximate surface area is 175 Å². The van der Waals surface area contributed by atoms with Crippen LogP contribution >= 0.6 is 0 Å². The fourth-order valence-corrected chi connectivity index (χ4v) is 5.94. The second kappa shape index (κ2) is 9.31. The normalized spacial score (nSPS) is 32.9. The predicted octanol–water partition coefficient (Wildman–Crippen LogP) is 0.792. The van der Waals surface area contributed by atoms with Crippen LogP contribution in [-0.4, -0.2) is 97.6 Å². The molecule has 2 amide bonds. The molecule has 7 nitrogen and oxygen atoms in total. The molecule has 7 heteroatoms. The molecule has 4 rings (SSSR count). The van der Waals surface area contributed by atoms with Crippen molar-refractivity contribution in [2.45, 2.75) is 51.6 Å². The van der Waals surface area contributed by atoms with Crippen molar-refractivity contribution in [2.75, 3.05) is 59.0 Å². The Kier molecular flexibility index (Phi) is 6.76. The quantitative estimate of drug-likeness (QED) is 0.707. The summed E-state index contributed by atoms with van der Waals surface area (Å²) in [4.78, 5) is 31.7. The summed E-state index contributed by atoms with van der Waals surface area (Å²) in [5.74, 6) is 2.78. The standard InChI is InChI=1S/C22H38N4O3/c1-16(20-14-18-3-4-19(20)13-18)23-22(28)17(2)25-7-5-24(6-8-25)15-21(27)26-9-11-29-12-10-26/h16-20H,3-15H2,1-2H3,(H,23,28)/t16-,17-,18-,19-,20+/m0/s1. The van der Waals surface area contributed by atoms with E-state index in [1.165, 1.54) is 25.7 Å². The summed E-state index contributed by atoms with van der Waals surface area (Å²) in [5, 5.41) is 3.32. The van der Waals surface area contributed by atoms with Crippen LogP contribution in [0.1, 0.15) is 39.5 Å². The largest absolute Gasteiger partial charge is 0.378 e. The molecular weight excluding hydrogens is 368 g/mol. The lowest BCUT2D eigenvalue weighted by molar-refractivity contribution is -0.137. The molecule has 5 atom stereocenters. The van der Waals surface area contributed by atoms with Crippen molar-refractivity contribution < 1.29 is 14.3 Å². The lowest BCUT2D eigenvalue weighted by atomic mass is 9.84. The van der Waals surface area contributed by atoms with Gasteiger partial charge in [-0.15, -0.1) is 0 Å². The molecule has 164 valence electrons. The van der Waals surface area contributed by atoms with Crippen LogP contribution in [0.15, 0.2) is 0 Å². The number of ether oxygens (including phenoxy) is 1. The third-order valence-corrected chi connectivity index (χ3v) is 7.86. The molecule has 1 N–H and O–H groups in total. The number of amides is 2. The summed E-state index contributed by atoms with van der Waals surface area (Å²) in [7, 11) is 0. The molecule has 2 bridgehead atoms. The summed E-state index contributed by atoms with van der Waals surface area (Å²) in [6.45, 7) is 10.8. The van der Waals surface area contributed by atoms with Crippen LogP contribution in [0.3, 0.4) is 0 Å². The third-order valence-electron chi connectivity index (χ3n) is 7.86. The fraction of sp³-hybridized carbons (Fsp3) is 0.909. The molecule has 0 unspecified atom stereocenters. The first-order valence-electron chi connectivity index (χ1n) is 11.6. The number of fused-ring (bicyclic) bond motifs is 2. The van der Waals surface area contributed by atoms with Gasteiger partial charge >= 0.3 is 0 Å². The van der Waals surface area contributed by atoms with Gasteiger partial charge in [0.1, 0.15) is 0 Å². The van der Waals surface area contributed by atoms with Gasteiger partial charge < -0.3 is 15.0 Å². The monoisotopic (exact) mass is 406 g/mol. The van der Waals surface area contributed by atoms with Gasteiger partial charge in [0, 0.05) is 45.3 Å². The smallest absolute Gasteiger partial charge is 0.237 e. The fourth-order valence-electron chi connectivity index (χ4n) is 5.94. The van der Waals surface area contributed by atoms with Crippen molar-refractivity contribution in [3.8, 4) is 0 Å². The average molecular weight is 407 g/mol. The maximum atomic E-state index is 12.8. The van der Waals surface area contributed by atoms with Crippen LogP contribution in [0.4, 0.5) is 0 Å². The molecule has 0 spiro atoms. The minimum Gasteiger partial charge on any atom is -0.378 e. The number of hydrogen-bond acceptors (Lipinski definition) is 5. The Morgan fingerprint density at radius 1 is 1.00 bits per heavy atom. The van der Waals surface area contributed by atoms with E-state index in [0.29, 0.717) is 38.8 Å². The van der Waals surface area contributed by atoms with Gasteiger partial charge in [-0.1, -0.05) is 6.42 Å². The third kappa shape index (κ3) is 4.94. The van der Waals surface area contributed by atoms with Gasteiger partial charge in [0.05, 0.1) is 25.8 Å². The van der Waals surface area contributed by atoms with E-state index >= 15 is 0 Å². The molecule has 2 aliphatic heterocycles. The molecule has 4 fully saturated rings. The molecule has 2 heterocycles. The molecule has 0 aromatic rings.